The third-order valence-corrected chi connectivity index (χ3v) is 2.87. The monoisotopic (exact) mass is 385 g/mol. The Labute approximate surface area is 174 Å². The summed E-state index contributed by atoms with van der Waals surface area (Å²) >= 11 is 0. The molecule has 0 spiro atoms. The van der Waals surface area contributed by atoms with Gasteiger partial charge in [-0.25, -0.2) is 4.57 Å². The largest absolute Gasteiger partial charge is 1.00 e. The Balaban J connectivity index is 0.000000923. The van der Waals surface area contributed by atoms with E-state index in [0.717, 1.165) is 11.1 Å². The molecule has 0 atom stereocenters. The molecule has 0 aliphatic rings. The second-order valence-corrected chi connectivity index (χ2v) is 5.61. The van der Waals surface area contributed by atoms with Crippen molar-refractivity contribution in [1.82, 2.24) is 0 Å². The van der Waals surface area contributed by atoms with E-state index < -0.39 is 7.82 Å². The molecule has 26 heavy (non-hydrogen) atoms. The maximum atomic E-state index is 9.33. The van der Waals surface area contributed by atoms with Crippen molar-refractivity contribution >= 4 is 19.5 Å². The number of hydrogen-bond donors (Lipinski definition) is 3. The van der Waals surface area contributed by atoms with E-state index in [1.807, 2.05) is 36.4 Å². The topological polar surface area (TPSA) is 120 Å². The number of rotatable bonds is 4. The van der Waals surface area contributed by atoms with Gasteiger partial charge in [-0.05, 0) is 23.8 Å². The number of phosphoric acid groups is 1. The van der Waals surface area contributed by atoms with E-state index in [-0.39, 0.29) is 29.6 Å². The van der Waals surface area contributed by atoms with Crippen LogP contribution in [0.2, 0.25) is 0 Å². The molecule has 0 amide bonds. The van der Waals surface area contributed by atoms with Crippen LogP contribution in [0.25, 0.3) is 11.6 Å². The molecule has 0 fully saturated rings. The quantitative estimate of drug-likeness (QED) is 0.216. The van der Waals surface area contributed by atoms with Crippen molar-refractivity contribution in [2.75, 3.05) is 14.2 Å². The summed E-state index contributed by atoms with van der Waals surface area (Å²) in [7, 11) is -1.48. The van der Waals surface area contributed by atoms with Crippen LogP contribution < -0.4 is 39.0 Å². The fourth-order valence-electron chi connectivity index (χ4n) is 1.85. The normalized spacial score (nSPS) is 10.5. The first-order valence-corrected chi connectivity index (χ1v) is 8.43. The summed E-state index contributed by atoms with van der Waals surface area (Å²) < 4.78 is 19.3. The molecule has 0 bridgehead atoms. The number of methoxy groups -OCH3 is 2. The molecule has 0 aliphatic heterocycles. The summed E-state index contributed by atoms with van der Waals surface area (Å²) in [5.41, 5.74) is 2.31. The molecule has 0 heterocycles. The third-order valence-electron chi connectivity index (χ3n) is 2.87. The summed E-state index contributed by atoms with van der Waals surface area (Å²) in [4.78, 5) is 21.6. The maximum absolute atomic E-state index is 9.33. The molecule has 132 valence electrons. The van der Waals surface area contributed by atoms with Crippen molar-refractivity contribution in [3.8, 4) is 17.6 Å². The average Bonchev–Trinajstić information content (AvgIpc) is 2.58. The molecule has 0 saturated heterocycles. The zero-order chi connectivity index (χ0) is 18.9. The van der Waals surface area contributed by atoms with E-state index in [0.29, 0.717) is 17.1 Å². The Hall–Kier alpha value is -1.62. The molecule has 3 N–H and O–H groups in total. The van der Waals surface area contributed by atoms with Crippen LogP contribution in [0, 0.1) is 17.4 Å². The van der Waals surface area contributed by atoms with Gasteiger partial charge in [0.2, 0.25) is 0 Å². The minimum atomic E-state index is -4.64. The van der Waals surface area contributed by atoms with Gasteiger partial charge >= 0.3 is 37.4 Å². The second-order valence-electron chi connectivity index (χ2n) is 4.59. The second kappa shape index (κ2) is 11.9. The van der Waals surface area contributed by atoms with Gasteiger partial charge in [0.05, 0.1) is 25.9 Å². The third kappa shape index (κ3) is 9.18. The van der Waals surface area contributed by atoms with Crippen LogP contribution >= 0.6 is 7.82 Å². The van der Waals surface area contributed by atoms with Crippen molar-refractivity contribution in [1.29, 1.82) is 5.26 Å². The van der Waals surface area contributed by atoms with Crippen molar-refractivity contribution < 1.29 is 58.3 Å². The standard InChI is InChI=1S/C17H14NO2.Na.H3O4P/c1-19-16-9-8-14(11-17(16)20-2)15(12-18)10-13-6-4-3-5-7-13;;1-5(2,3)4/h4-11H,1-2H3;;(H3,1,2,3,4)/q-1;+1;. The Kier molecular flexibility index (Phi) is 11.2. The maximum Gasteiger partial charge on any atom is 1.00 e. The minimum absolute atomic E-state index is 0. The molecular formula is C17H17NNaO6P. The Morgan fingerprint density at radius 2 is 1.65 bits per heavy atom. The zero-order valence-corrected chi connectivity index (χ0v) is 17.5. The van der Waals surface area contributed by atoms with Crippen LogP contribution in [0.15, 0.2) is 42.5 Å². The van der Waals surface area contributed by atoms with Crippen LogP contribution in [-0.2, 0) is 4.57 Å². The number of nitriles is 1. The molecular weight excluding hydrogens is 368 g/mol. The smallest absolute Gasteiger partial charge is 0.493 e. The predicted octanol–water partition coefficient (Wildman–Crippen LogP) is -0.356. The summed E-state index contributed by atoms with van der Waals surface area (Å²) in [6.07, 6.45) is 1.83. The van der Waals surface area contributed by atoms with Gasteiger partial charge in [0.15, 0.2) is 11.5 Å². The number of hydrogen-bond acceptors (Lipinski definition) is 4. The van der Waals surface area contributed by atoms with Crippen molar-refractivity contribution in [3.63, 3.8) is 0 Å². The van der Waals surface area contributed by atoms with Gasteiger partial charge in [-0.3, -0.25) is 0 Å². The van der Waals surface area contributed by atoms with Crippen LogP contribution in [0.4, 0.5) is 0 Å². The number of nitrogens with zero attached hydrogens (tertiary/aromatic N) is 1. The molecule has 0 radical (unpaired) electrons. The Morgan fingerprint density at radius 1 is 1.12 bits per heavy atom. The van der Waals surface area contributed by atoms with E-state index in [2.05, 4.69) is 12.1 Å². The molecule has 2 rings (SSSR count). The summed E-state index contributed by atoms with van der Waals surface area (Å²) in [5.74, 6) is 1.25. The summed E-state index contributed by atoms with van der Waals surface area (Å²) in [6, 6.07) is 18.0. The van der Waals surface area contributed by atoms with Crippen LogP contribution in [0.1, 0.15) is 11.1 Å². The summed E-state index contributed by atoms with van der Waals surface area (Å²) in [6.45, 7) is 0. The minimum Gasteiger partial charge on any atom is -0.493 e. The van der Waals surface area contributed by atoms with Gasteiger partial charge in [-0.1, -0.05) is 6.08 Å². The predicted molar refractivity (Wildman–Crippen MR) is 92.6 cm³/mol. The van der Waals surface area contributed by atoms with Gasteiger partial charge in [-0.2, -0.15) is 35.6 Å². The molecule has 2 aromatic carbocycles. The number of allylic oxidation sites excluding steroid dienone is 1. The van der Waals surface area contributed by atoms with E-state index >= 15 is 0 Å². The van der Waals surface area contributed by atoms with Gasteiger partial charge in [-0.15, -0.1) is 5.56 Å². The fraction of sp³-hybridized carbons (Fsp3) is 0.118. The van der Waals surface area contributed by atoms with Gasteiger partial charge in [0, 0.05) is 0 Å². The van der Waals surface area contributed by atoms with Crippen molar-refractivity contribution in [3.05, 3.63) is 59.7 Å². The van der Waals surface area contributed by atoms with Crippen LogP contribution in [0.5, 0.6) is 11.5 Å². The average molecular weight is 385 g/mol. The van der Waals surface area contributed by atoms with Crippen molar-refractivity contribution in [2.24, 2.45) is 0 Å². The molecule has 7 nitrogen and oxygen atoms in total. The van der Waals surface area contributed by atoms with E-state index in [1.165, 1.54) is 0 Å². The molecule has 0 saturated carbocycles. The first kappa shape index (κ1) is 24.4. The molecule has 0 aromatic heterocycles. The van der Waals surface area contributed by atoms with Gasteiger partial charge in [0.1, 0.15) is 0 Å². The van der Waals surface area contributed by atoms with E-state index in [4.69, 9.17) is 28.7 Å². The Bertz CT molecular complexity index is 805. The fourth-order valence-corrected chi connectivity index (χ4v) is 1.85. The first-order valence-electron chi connectivity index (χ1n) is 6.87. The van der Waals surface area contributed by atoms with E-state index in [9.17, 15) is 5.26 Å². The number of ether oxygens (including phenoxy) is 2. The van der Waals surface area contributed by atoms with Crippen molar-refractivity contribution in [2.45, 2.75) is 0 Å². The number of benzene rings is 2. The van der Waals surface area contributed by atoms with Gasteiger partial charge in [0.25, 0.3) is 0 Å². The Morgan fingerprint density at radius 3 is 2.12 bits per heavy atom. The molecule has 2 aromatic rings. The van der Waals surface area contributed by atoms with Gasteiger partial charge < -0.3 is 24.2 Å². The molecule has 0 unspecified atom stereocenters. The molecule has 0 aliphatic carbocycles. The molecule has 9 heteroatoms. The van der Waals surface area contributed by atoms with Crippen LogP contribution in [0.3, 0.4) is 0 Å². The van der Waals surface area contributed by atoms with Crippen LogP contribution in [-0.4, -0.2) is 28.9 Å². The first-order chi connectivity index (χ1) is 11.8. The SMILES string of the molecule is COc1ccc(C(C#N)=Cc2cc[c-]cc2)cc1OC.O=P(O)(O)O.[Na+]. The zero-order valence-electron chi connectivity index (χ0n) is 14.6. The summed E-state index contributed by atoms with van der Waals surface area (Å²) in [5, 5.41) is 9.33. The van der Waals surface area contributed by atoms with E-state index in [1.54, 1.807) is 26.4 Å².